The lowest BCUT2D eigenvalue weighted by Crippen LogP contribution is -2.42. The molecule has 94 valence electrons. The molecule has 7 heteroatoms. The van der Waals surface area contributed by atoms with Crippen LogP contribution in [0.25, 0.3) is 0 Å². The fourth-order valence-corrected chi connectivity index (χ4v) is 3.44. The molecule has 0 aromatic carbocycles. The van der Waals surface area contributed by atoms with Gasteiger partial charge >= 0.3 is 5.97 Å². The summed E-state index contributed by atoms with van der Waals surface area (Å²) in [5, 5.41) is 8.81. The van der Waals surface area contributed by atoms with Gasteiger partial charge in [0.1, 0.15) is 6.04 Å². The third-order valence-corrected chi connectivity index (χ3v) is 4.85. The van der Waals surface area contributed by atoms with Crippen molar-refractivity contribution in [2.75, 3.05) is 19.6 Å². The van der Waals surface area contributed by atoms with Crippen molar-refractivity contribution in [3.63, 3.8) is 0 Å². The molecule has 1 aliphatic heterocycles. The van der Waals surface area contributed by atoms with E-state index >= 15 is 0 Å². The van der Waals surface area contributed by atoms with Gasteiger partial charge in [-0.05, 0) is 13.3 Å². The maximum Gasteiger partial charge on any atom is 0.321 e. The summed E-state index contributed by atoms with van der Waals surface area (Å²) in [7, 11) is -3.56. The second kappa shape index (κ2) is 5.11. The van der Waals surface area contributed by atoms with Gasteiger partial charge in [-0.2, -0.15) is 17.0 Å². The second-order valence-electron chi connectivity index (χ2n) is 3.89. The largest absolute Gasteiger partial charge is 0.480 e. The Morgan fingerprint density at radius 3 is 2.56 bits per heavy atom. The fourth-order valence-electron chi connectivity index (χ4n) is 1.67. The van der Waals surface area contributed by atoms with Crippen LogP contribution in [0.1, 0.15) is 26.7 Å². The van der Waals surface area contributed by atoms with Crippen molar-refractivity contribution in [1.82, 2.24) is 8.61 Å². The van der Waals surface area contributed by atoms with Crippen molar-refractivity contribution in [3.05, 3.63) is 0 Å². The summed E-state index contributed by atoms with van der Waals surface area (Å²) in [6, 6.07) is -0.989. The maximum absolute atomic E-state index is 11.9. The predicted molar refractivity (Wildman–Crippen MR) is 59.2 cm³/mol. The van der Waals surface area contributed by atoms with Crippen molar-refractivity contribution < 1.29 is 18.3 Å². The highest BCUT2D eigenvalue weighted by molar-refractivity contribution is 7.87. The molecule has 0 radical (unpaired) electrons. The van der Waals surface area contributed by atoms with Gasteiger partial charge in [-0.3, -0.25) is 4.79 Å². The lowest BCUT2D eigenvalue weighted by atomic mass is 10.3. The van der Waals surface area contributed by atoms with Gasteiger partial charge in [0.2, 0.25) is 0 Å². The van der Waals surface area contributed by atoms with Crippen LogP contribution in [0.15, 0.2) is 0 Å². The number of carbonyl (C=O) groups is 1. The Kier molecular flexibility index (Phi) is 4.28. The zero-order chi connectivity index (χ0) is 12.3. The van der Waals surface area contributed by atoms with Crippen molar-refractivity contribution in [3.8, 4) is 0 Å². The third kappa shape index (κ3) is 2.53. The molecule has 1 saturated heterocycles. The first-order chi connectivity index (χ1) is 7.41. The Morgan fingerprint density at radius 2 is 2.06 bits per heavy atom. The zero-order valence-corrected chi connectivity index (χ0v) is 10.4. The molecule has 1 fully saturated rings. The van der Waals surface area contributed by atoms with Gasteiger partial charge in [-0.1, -0.05) is 13.3 Å². The smallest absolute Gasteiger partial charge is 0.321 e. The predicted octanol–water partition coefficient (Wildman–Crippen LogP) is 0.122. The van der Waals surface area contributed by atoms with Gasteiger partial charge in [0.15, 0.2) is 0 Å². The molecule has 1 aliphatic rings. The van der Waals surface area contributed by atoms with E-state index in [-0.39, 0.29) is 6.54 Å². The Balaban J connectivity index is 2.76. The second-order valence-corrected chi connectivity index (χ2v) is 5.77. The first-order valence-corrected chi connectivity index (χ1v) is 6.80. The molecule has 0 unspecified atom stereocenters. The van der Waals surface area contributed by atoms with Gasteiger partial charge in [0.05, 0.1) is 0 Å². The number of carboxylic acids is 1. The fraction of sp³-hybridized carbons (Fsp3) is 0.889. The van der Waals surface area contributed by atoms with Crippen LogP contribution in [-0.2, 0) is 15.0 Å². The highest BCUT2D eigenvalue weighted by Gasteiger charge is 2.41. The minimum absolute atomic E-state index is 0.263. The number of hydrogen-bond donors (Lipinski definition) is 1. The monoisotopic (exact) mass is 250 g/mol. The molecule has 0 aliphatic carbocycles. The molecule has 1 heterocycles. The Labute approximate surface area is 96.0 Å². The van der Waals surface area contributed by atoms with E-state index in [1.165, 1.54) is 11.2 Å². The molecule has 1 atom stereocenters. The Hall–Kier alpha value is -0.660. The summed E-state index contributed by atoms with van der Waals surface area (Å²) in [5.41, 5.74) is 0. The molecule has 1 rings (SSSR count). The summed E-state index contributed by atoms with van der Waals surface area (Å²) in [6.07, 6.45) is 1.72. The first kappa shape index (κ1) is 13.4. The molecule has 0 saturated carbocycles. The van der Waals surface area contributed by atoms with E-state index < -0.39 is 22.2 Å². The topological polar surface area (TPSA) is 77.9 Å². The summed E-state index contributed by atoms with van der Waals surface area (Å²) >= 11 is 0. The van der Waals surface area contributed by atoms with Crippen LogP contribution in [0.4, 0.5) is 0 Å². The van der Waals surface area contributed by atoms with Crippen LogP contribution in [0.2, 0.25) is 0 Å². The van der Waals surface area contributed by atoms with Gasteiger partial charge in [0, 0.05) is 19.6 Å². The van der Waals surface area contributed by atoms with Crippen molar-refractivity contribution in [1.29, 1.82) is 0 Å². The minimum atomic E-state index is -3.56. The third-order valence-electron chi connectivity index (χ3n) is 2.74. The van der Waals surface area contributed by atoms with Crippen molar-refractivity contribution >= 4 is 16.2 Å². The van der Waals surface area contributed by atoms with Crippen LogP contribution < -0.4 is 0 Å². The number of unbranched alkanes of at least 4 members (excludes halogenated alkanes) is 1. The van der Waals surface area contributed by atoms with Crippen LogP contribution in [0.5, 0.6) is 0 Å². The molecule has 1 N–H and O–H groups in total. The lowest BCUT2D eigenvalue weighted by molar-refractivity contribution is -0.140. The number of rotatable bonds is 5. The standard InChI is InChI=1S/C9H18N2O4S/c1-3-4-5-10-6-7-11(16(10,14)15)8(2)9(12)13/h8H,3-7H2,1-2H3,(H,12,13)/t8-/m0/s1. The normalized spacial score (nSPS) is 23.4. The summed E-state index contributed by atoms with van der Waals surface area (Å²) in [6.45, 7) is 4.50. The van der Waals surface area contributed by atoms with Gasteiger partial charge in [-0.15, -0.1) is 0 Å². The molecule has 0 aromatic rings. The molecule has 16 heavy (non-hydrogen) atoms. The zero-order valence-electron chi connectivity index (χ0n) is 9.59. The summed E-state index contributed by atoms with van der Waals surface area (Å²) in [5.74, 6) is -1.11. The molecular formula is C9H18N2O4S. The minimum Gasteiger partial charge on any atom is -0.480 e. The van der Waals surface area contributed by atoms with Gasteiger partial charge in [0.25, 0.3) is 10.2 Å². The van der Waals surface area contributed by atoms with Crippen LogP contribution >= 0.6 is 0 Å². The summed E-state index contributed by atoms with van der Waals surface area (Å²) < 4.78 is 26.3. The highest BCUT2D eigenvalue weighted by atomic mass is 32.2. The number of carboxylic acid groups (broad SMARTS) is 1. The first-order valence-electron chi connectivity index (χ1n) is 5.41. The SMILES string of the molecule is CCCCN1CCN([C@@H](C)C(=O)O)S1(=O)=O. The van der Waals surface area contributed by atoms with Gasteiger partial charge in [-0.25, -0.2) is 0 Å². The average Bonchev–Trinajstić information content (AvgIpc) is 2.49. The van der Waals surface area contributed by atoms with E-state index in [0.29, 0.717) is 13.1 Å². The van der Waals surface area contributed by atoms with Crippen LogP contribution in [0.3, 0.4) is 0 Å². The van der Waals surface area contributed by atoms with Gasteiger partial charge < -0.3 is 5.11 Å². The Morgan fingerprint density at radius 1 is 1.44 bits per heavy atom. The molecule has 0 aromatic heterocycles. The van der Waals surface area contributed by atoms with E-state index in [1.54, 1.807) is 0 Å². The molecule has 6 nitrogen and oxygen atoms in total. The van der Waals surface area contributed by atoms with Crippen molar-refractivity contribution in [2.24, 2.45) is 0 Å². The molecular weight excluding hydrogens is 232 g/mol. The highest BCUT2D eigenvalue weighted by Crippen LogP contribution is 2.19. The molecule has 0 bridgehead atoms. The van der Waals surface area contributed by atoms with Crippen LogP contribution in [-0.4, -0.2) is 53.8 Å². The van der Waals surface area contributed by atoms with Crippen molar-refractivity contribution in [2.45, 2.75) is 32.7 Å². The average molecular weight is 250 g/mol. The van der Waals surface area contributed by atoms with Crippen LogP contribution in [0, 0.1) is 0 Å². The van der Waals surface area contributed by atoms with E-state index in [9.17, 15) is 13.2 Å². The maximum atomic E-state index is 11.9. The quantitative estimate of drug-likeness (QED) is 0.752. The number of aliphatic carboxylic acids is 1. The number of hydrogen-bond acceptors (Lipinski definition) is 3. The van der Waals surface area contributed by atoms with E-state index in [1.807, 2.05) is 6.92 Å². The molecule has 0 amide bonds. The summed E-state index contributed by atoms with van der Waals surface area (Å²) in [4.78, 5) is 10.8. The number of nitrogens with zero attached hydrogens (tertiary/aromatic N) is 2. The van der Waals surface area contributed by atoms with E-state index in [2.05, 4.69) is 0 Å². The van der Waals surface area contributed by atoms with E-state index in [4.69, 9.17) is 5.11 Å². The molecule has 0 spiro atoms. The lowest BCUT2D eigenvalue weighted by Gasteiger charge is -2.21. The Bertz CT molecular complexity index is 355. The van der Waals surface area contributed by atoms with E-state index in [0.717, 1.165) is 17.1 Å².